The van der Waals surface area contributed by atoms with Gasteiger partial charge in [0.2, 0.25) is 5.91 Å². The number of aromatic nitrogens is 2. The van der Waals surface area contributed by atoms with Gasteiger partial charge in [-0.1, -0.05) is 0 Å². The van der Waals surface area contributed by atoms with Crippen LogP contribution in [-0.2, 0) is 21.4 Å². The van der Waals surface area contributed by atoms with Gasteiger partial charge in [0.15, 0.2) is 0 Å². The lowest BCUT2D eigenvalue weighted by molar-refractivity contribution is -0.142. The van der Waals surface area contributed by atoms with E-state index in [1.165, 1.54) is 0 Å². The number of amides is 2. The summed E-state index contributed by atoms with van der Waals surface area (Å²) in [6, 6.07) is 0. The molecule has 0 aromatic carbocycles. The molecule has 0 bridgehead atoms. The van der Waals surface area contributed by atoms with Crippen LogP contribution in [0, 0.1) is 13.8 Å². The summed E-state index contributed by atoms with van der Waals surface area (Å²) in [6.07, 6.45) is 1.53. The molecular formula is C17H27N5O3. The van der Waals surface area contributed by atoms with Gasteiger partial charge < -0.3 is 15.0 Å². The molecule has 8 heteroatoms. The van der Waals surface area contributed by atoms with Crippen LogP contribution >= 0.6 is 0 Å². The van der Waals surface area contributed by atoms with E-state index in [0.717, 1.165) is 29.9 Å². The number of nitrogens with zero attached hydrogens (tertiary/aromatic N) is 4. The Morgan fingerprint density at radius 1 is 1.24 bits per heavy atom. The molecule has 0 radical (unpaired) electrons. The summed E-state index contributed by atoms with van der Waals surface area (Å²) in [4.78, 5) is 28.6. The maximum atomic E-state index is 12.3. The lowest BCUT2D eigenvalue weighted by Gasteiger charge is -2.35. The molecule has 0 spiro atoms. The fourth-order valence-corrected chi connectivity index (χ4v) is 3.44. The highest BCUT2D eigenvalue weighted by Gasteiger charge is 2.30. The molecule has 1 N–H and O–H groups in total. The number of carbonyl (C=O) groups is 2. The van der Waals surface area contributed by atoms with E-state index in [9.17, 15) is 9.59 Å². The number of hydrogen-bond acceptors (Lipinski definition) is 5. The fraction of sp³-hybridized carbons (Fsp3) is 0.706. The van der Waals surface area contributed by atoms with Gasteiger partial charge >= 0.3 is 0 Å². The van der Waals surface area contributed by atoms with E-state index in [2.05, 4.69) is 15.3 Å². The number of piperazine rings is 1. The van der Waals surface area contributed by atoms with Crippen LogP contribution in [0.1, 0.15) is 24.2 Å². The Morgan fingerprint density at radius 3 is 2.52 bits per heavy atom. The number of hydrogen-bond donors (Lipinski definition) is 1. The summed E-state index contributed by atoms with van der Waals surface area (Å²) < 4.78 is 7.24. The van der Waals surface area contributed by atoms with Crippen LogP contribution in [0.3, 0.4) is 0 Å². The molecule has 2 amide bonds. The average Bonchev–Trinajstić information content (AvgIpc) is 3.20. The van der Waals surface area contributed by atoms with E-state index in [-0.39, 0.29) is 17.9 Å². The van der Waals surface area contributed by atoms with Gasteiger partial charge in [-0.15, -0.1) is 0 Å². The molecule has 1 unspecified atom stereocenters. The van der Waals surface area contributed by atoms with Crippen molar-refractivity contribution in [3.63, 3.8) is 0 Å². The SMILES string of the molecule is Cc1nn(C)c(C)c1NC(=O)CN1CCN(C(=O)C2CCCO2)CC1. The van der Waals surface area contributed by atoms with Crippen molar-refractivity contribution in [2.24, 2.45) is 7.05 Å². The Morgan fingerprint density at radius 2 is 1.96 bits per heavy atom. The van der Waals surface area contributed by atoms with Crippen molar-refractivity contribution in [3.05, 3.63) is 11.4 Å². The van der Waals surface area contributed by atoms with E-state index in [0.29, 0.717) is 39.3 Å². The normalized spacial score (nSPS) is 21.6. The van der Waals surface area contributed by atoms with Crippen molar-refractivity contribution in [2.45, 2.75) is 32.8 Å². The summed E-state index contributed by atoms with van der Waals surface area (Å²) in [7, 11) is 1.86. The van der Waals surface area contributed by atoms with Crippen molar-refractivity contribution in [1.82, 2.24) is 19.6 Å². The maximum Gasteiger partial charge on any atom is 0.251 e. The van der Waals surface area contributed by atoms with Gasteiger partial charge in [0.05, 0.1) is 23.6 Å². The minimum Gasteiger partial charge on any atom is -0.368 e. The highest BCUT2D eigenvalue weighted by Crippen LogP contribution is 2.19. The van der Waals surface area contributed by atoms with Gasteiger partial charge in [-0.25, -0.2) is 0 Å². The Labute approximate surface area is 148 Å². The van der Waals surface area contributed by atoms with Crippen LogP contribution in [0.4, 0.5) is 5.69 Å². The Bertz CT molecular complexity index is 643. The lowest BCUT2D eigenvalue weighted by atomic mass is 10.2. The third kappa shape index (κ3) is 4.01. The summed E-state index contributed by atoms with van der Waals surface area (Å²) >= 11 is 0. The molecule has 2 saturated heterocycles. The quantitative estimate of drug-likeness (QED) is 0.846. The largest absolute Gasteiger partial charge is 0.368 e. The smallest absolute Gasteiger partial charge is 0.251 e. The van der Waals surface area contributed by atoms with E-state index in [1.54, 1.807) is 4.68 Å². The van der Waals surface area contributed by atoms with Crippen LogP contribution in [0.2, 0.25) is 0 Å². The van der Waals surface area contributed by atoms with Crippen LogP contribution in [0.15, 0.2) is 0 Å². The van der Waals surface area contributed by atoms with Gasteiger partial charge in [0.1, 0.15) is 6.10 Å². The van der Waals surface area contributed by atoms with Crippen molar-refractivity contribution in [1.29, 1.82) is 0 Å². The summed E-state index contributed by atoms with van der Waals surface area (Å²) in [5, 5.41) is 7.27. The second kappa shape index (κ2) is 7.53. The zero-order chi connectivity index (χ0) is 18.0. The second-order valence-corrected chi connectivity index (χ2v) is 6.82. The highest BCUT2D eigenvalue weighted by molar-refractivity contribution is 5.93. The third-order valence-corrected chi connectivity index (χ3v) is 5.03. The van der Waals surface area contributed by atoms with Gasteiger partial charge in [-0.05, 0) is 26.7 Å². The molecule has 25 heavy (non-hydrogen) atoms. The number of nitrogens with one attached hydrogen (secondary N) is 1. The van der Waals surface area contributed by atoms with E-state index < -0.39 is 0 Å². The van der Waals surface area contributed by atoms with Crippen molar-refractivity contribution < 1.29 is 14.3 Å². The molecule has 0 saturated carbocycles. The number of ether oxygens (including phenoxy) is 1. The van der Waals surface area contributed by atoms with Crippen molar-refractivity contribution in [3.8, 4) is 0 Å². The molecule has 3 rings (SSSR count). The first-order valence-electron chi connectivity index (χ1n) is 8.88. The zero-order valence-electron chi connectivity index (χ0n) is 15.2. The molecule has 138 valence electrons. The standard InChI is InChI=1S/C17H27N5O3/c1-12-16(13(2)20(3)19-12)18-15(23)11-21-6-8-22(9-7-21)17(24)14-5-4-10-25-14/h14H,4-11H2,1-3H3,(H,18,23). The molecule has 1 aromatic rings. The second-order valence-electron chi connectivity index (χ2n) is 6.82. The highest BCUT2D eigenvalue weighted by atomic mass is 16.5. The molecule has 2 aliphatic heterocycles. The molecule has 1 aromatic heterocycles. The first-order valence-corrected chi connectivity index (χ1v) is 8.88. The van der Waals surface area contributed by atoms with Crippen molar-refractivity contribution >= 4 is 17.5 Å². The van der Waals surface area contributed by atoms with Crippen LogP contribution < -0.4 is 5.32 Å². The number of carbonyl (C=O) groups excluding carboxylic acids is 2. The first-order chi connectivity index (χ1) is 12.0. The third-order valence-electron chi connectivity index (χ3n) is 5.03. The van der Waals surface area contributed by atoms with E-state index in [4.69, 9.17) is 4.74 Å². The van der Waals surface area contributed by atoms with Gasteiger partial charge in [0, 0.05) is 39.8 Å². The predicted octanol–water partition coefficient (Wildman–Crippen LogP) is 0.299. The van der Waals surface area contributed by atoms with Gasteiger partial charge in [0.25, 0.3) is 5.91 Å². The summed E-state index contributed by atoms with van der Waals surface area (Å²) in [6.45, 7) is 7.55. The monoisotopic (exact) mass is 349 g/mol. The predicted molar refractivity (Wildman–Crippen MR) is 93.3 cm³/mol. The molecule has 0 aliphatic carbocycles. The summed E-state index contributed by atoms with van der Waals surface area (Å²) in [5.74, 6) is 0.0568. The average molecular weight is 349 g/mol. The van der Waals surface area contributed by atoms with Gasteiger partial charge in [-0.2, -0.15) is 5.10 Å². The number of anilines is 1. The van der Waals surface area contributed by atoms with Crippen molar-refractivity contribution in [2.75, 3.05) is 44.6 Å². The Kier molecular flexibility index (Phi) is 5.39. The number of aryl methyl sites for hydroxylation is 2. The van der Waals surface area contributed by atoms with E-state index >= 15 is 0 Å². The summed E-state index contributed by atoms with van der Waals surface area (Å²) in [5.41, 5.74) is 2.55. The molecular weight excluding hydrogens is 322 g/mol. The van der Waals surface area contributed by atoms with Crippen LogP contribution in [0.25, 0.3) is 0 Å². The lowest BCUT2D eigenvalue weighted by Crippen LogP contribution is -2.52. The van der Waals surface area contributed by atoms with Crippen LogP contribution in [0.5, 0.6) is 0 Å². The zero-order valence-corrected chi connectivity index (χ0v) is 15.2. The number of rotatable bonds is 4. The van der Waals surface area contributed by atoms with E-state index in [1.807, 2.05) is 25.8 Å². The van der Waals surface area contributed by atoms with Crippen LogP contribution in [-0.4, -0.2) is 76.8 Å². The first kappa shape index (κ1) is 17.9. The topological polar surface area (TPSA) is 79.7 Å². The molecule has 2 aliphatic rings. The van der Waals surface area contributed by atoms with Gasteiger partial charge in [-0.3, -0.25) is 19.2 Å². The molecule has 2 fully saturated rings. The minimum atomic E-state index is -0.258. The molecule has 8 nitrogen and oxygen atoms in total. The Balaban J connectivity index is 1.47. The maximum absolute atomic E-state index is 12.3. The molecule has 1 atom stereocenters. The Hall–Kier alpha value is -1.93. The minimum absolute atomic E-state index is 0.0434. The fourth-order valence-electron chi connectivity index (χ4n) is 3.44. The molecule has 3 heterocycles.